The van der Waals surface area contributed by atoms with Crippen LogP contribution in [0.5, 0.6) is 0 Å². The third-order valence-electron chi connectivity index (χ3n) is 16.2. The molecule has 2 aliphatic heterocycles. The van der Waals surface area contributed by atoms with Gasteiger partial charge in [0.15, 0.2) is 0 Å². The number of hydrogen-bond donors (Lipinski definition) is 1. The second-order valence-corrected chi connectivity index (χ2v) is 19.7. The Morgan fingerprint density at radius 2 is 1.05 bits per heavy atom. The molecule has 4 nitrogen and oxygen atoms in total. The van der Waals surface area contributed by atoms with Crippen molar-refractivity contribution in [1.29, 1.82) is 0 Å². The minimum atomic E-state index is 0.269. The number of benzene rings is 9. The van der Waals surface area contributed by atoms with E-state index in [4.69, 9.17) is 4.98 Å². The summed E-state index contributed by atoms with van der Waals surface area (Å²) in [5, 5.41) is 14.7. The van der Waals surface area contributed by atoms with Crippen molar-refractivity contribution < 1.29 is 0 Å². The first kappa shape index (κ1) is 38.3. The van der Waals surface area contributed by atoms with Crippen molar-refractivity contribution in [2.75, 3.05) is 4.90 Å². The zero-order valence-corrected chi connectivity index (χ0v) is 37.2. The molecule has 66 heavy (non-hydrogen) atoms. The van der Waals surface area contributed by atoms with Crippen molar-refractivity contribution in [3.8, 4) is 44.8 Å². The highest BCUT2D eigenvalue weighted by molar-refractivity contribution is 6.22. The van der Waals surface area contributed by atoms with Gasteiger partial charge in [0.05, 0.1) is 17.6 Å². The summed E-state index contributed by atoms with van der Waals surface area (Å²) in [6, 6.07) is 71.8. The predicted molar refractivity (Wildman–Crippen MR) is 275 cm³/mol. The van der Waals surface area contributed by atoms with E-state index in [9.17, 15) is 0 Å². The van der Waals surface area contributed by atoms with Crippen LogP contribution in [0.4, 0.5) is 5.95 Å². The van der Waals surface area contributed by atoms with Crippen LogP contribution in [-0.4, -0.2) is 27.8 Å². The normalized spacial score (nSPS) is 22.3. The number of anilines is 1. The summed E-state index contributed by atoms with van der Waals surface area (Å²) in [7, 11) is 0. The molecule has 3 fully saturated rings. The molecule has 1 aromatic heterocycles. The lowest BCUT2D eigenvalue weighted by atomic mass is 9.72. The van der Waals surface area contributed by atoms with Crippen LogP contribution in [0, 0.1) is 5.92 Å². The van der Waals surface area contributed by atoms with Crippen molar-refractivity contribution in [2.24, 2.45) is 5.92 Å². The minimum Gasteiger partial charge on any atom is -0.322 e. The van der Waals surface area contributed by atoms with Gasteiger partial charge in [0.25, 0.3) is 0 Å². The van der Waals surface area contributed by atoms with Gasteiger partial charge in [0.2, 0.25) is 5.95 Å². The molecular formula is C62H52N4. The summed E-state index contributed by atoms with van der Waals surface area (Å²) in [6.45, 7) is 0. The highest BCUT2D eigenvalue weighted by atomic mass is 15.5. The number of aromatic nitrogens is 2. The number of fused-ring (bicyclic) bond motifs is 12. The topological polar surface area (TPSA) is 33.1 Å². The molecule has 6 atom stereocenters. The average molecular weight is 853 g/mol. The number of nitrogens with zero attached hydrogens (tertiary/aromatic N) is 3. The average Bonchev–Trinajstić information content (AvgIpc) is 3.98. The maximum Gasteiger partial charge on any atom is 0.208 e. The van der Waals surface area contributed by atoms with E-state index >= 15 is 0 Å². The number of hydrogen-bond acceptors (Lipinski definition) is 3. The van der Waals surface area contributed by atoms with Crippen LogP contribution in [-0.2, 0) is 0 Å². The number of imidazole rings is 1. The van der Waals surface area contributed by atoms with Gasteiger partial charge in [-0.3, -0.25) is 5.32 Å². The van der Waals surface area contributed by atoms with Crippen LogP contribution in [0.1, 0.15) is 62.5 Å². The Bertz CT molecular complexity index is 3500. The molecule has 1 saturated heterocycles. The van der Waals surface area contributed by atoms with Crippen molar-refractivity contribution in [1.82, 2.24) is 14.9 Å². The van der Waals surface area contributed by atoms with E-state index in [0.717, 1.165) is 25.0 Å². The molecule has 320 valence electrons. The van der Waals surface area contributed by atoms with Crippen LogP contribution in [0.25, 0.3) is 87.9 Å². The van der Waals surface area contributed by atoms with Gasteiger partial charge >= 0.3 is 0 Å². The second kappa shape index (κ2) is 15.3. The Morgan fingerprint density at radius 1 is 0.455 bits per heavy atom. The van der Waals surface area contributed by atoms with Crippen molar-refractivity contribution in [2.45, 2.75) is 75.2 Å². The quantitative estimate of drug-likeness (QED) is 0.175. The van der Waals surface area contributed by atoms with Crippen molar-refractivity contribution in [3.63, 3.8) is 0 Å². The van der Waals surface area contributed by atoms with Gasteiger partial charge in [-0.25, -0.2) is 4.98 Å². The summed E-state index contributed by atoms with van der Waals surface area (Å²) in [5.41, 5.74) is 11.5. The molecule has 4 aliphatic rings. The molecule has 0 spiro atoms. The van der Waals surface area contributed by atoms with Crippen LogP contribution in [0.3, 0.4) is 0 Å². The molecule has 10 aromatic rings. The zero-order chi connectivity index (χ0) is 43.3. The molecular weight excluding hydrogens is 801 g/mol. The van der Waals surface area contributed by atoms with E-state index in [-0.39, 0.29) is 6.17 Å². The molecule has 3 heterocycles. The third-order valence-corrected chi connectivity index (χ3v) is 16.2. The zero-order valence-electron chi connectivity index (χ0n) is 37.2. The Morgan fingerprint density at radius 3 is 1.74 bits per heavy atom. The number of rotatable bonds is 5. The lowest BCUT2D eigenvalue weighted by molar-refractivity contribution is 0.158. The summed E-state index contributed by atoms with van der Waals surface area (Å²) in [4.78, 5) is 8.50. The van der Waals surface area contributed by atoms with Gasteiger partial charge in [-0.05, 0) is 121 Å². The Hall–Kier alpha value is -7.01. The van der Waals surface area contributed by atoms with Gasteiger partial charge in [-0.15, -0.1) is 0 Å². The van der Waals surface area contributed by atoms with E-state index in [0.29, 0.717) is 30.0 Å². The lowest BCUT2D eigenvalue weighted by Crippen LogP contribution is -2.54. The maximum atomic E-state index is 5.71. The van der Waals surface area contributed by atoms with Crippen molar-refractivity contribution >= 4 is 49.0 Å². The molecule has 0 amide bonds. The molecule has 6 unspecified atom stereocenters. The summed E-state index contributed by atoms with van der Waals surface area (Å²) in [5.74, 6) is 2.04. The maximum absolute atomic E-state index is 5.71. The van der Waals surface area contributed by atoms with E-state index in [1.807, 2.05) is 0 Å². The Balaban J connectivity index is 0.946. The van der Waals surface area contributed by atoms with Gasteiger partial charge < -0.3 is 9.47 Å². The molecule has 0 bridgehead atoms. The summed E-state index contributed by atoms with van der Waals surface area (Å²) < 4.78 is 2.73. The molecule has 14 rings (SSSR count). The molecule has 1 N–H and O–H groups in total. The van der Waals surface area contributed by atoms with Crippen LogP contribution in [0.2, 0.25) is 0 Å². The first-order valence-electron chi connectivity index (χ1n) is 24.5. The minimum absolute atomic E-state index is 0.269. The van der Waals surface area contributed by atoms with Crippen LogP contribution in [0.15, 0.2) is 188 Å². The summed E-state index contributed by atoms with van der Waals surface area (Å²) >= 11 is 0. The van der Waals surface area contributed by atoms with Crippen LogP contribution >= 0.6 is 0 Å². The van der Waals surface area contributed by atoms with Gasteiger partial charge in [0.1, 0.15) is 0 Å². The fraction of sp³-hybridized carbons (Fsp3) is 0.210. The van der Waals surface area contributed by atoms with E-state index in [2.05, 4.69) is 203 Å². The molecule has 2 saturated carbocycles. The van der Waals surface area contributed by atoms with Crippen LogP contribution < -0.4 is 10.2 Å². The SMILES string of the molecule is c1ccc(-c2nc3n(c2-c2ccccc2)C2CCC(c4ccc5c(-c6ccc7ccccc7c6)c6ccccc6c(-c6ccc7ccccc7c6)c5c4)CC2C2NC4CCCCC4N32)cc1. The third kappa shape index (κ3) is 5.97. The molecule has 0 radical (unpaired) electrons. The monoisotopic (exact) mass is 852 g/mol. The standard InChI is InChI=1S/C62H52N4/c1-3-17-41(18-4-1)59-60(42-19-5-2-6-20-42)65-55-34-32-46(38-53(55)61-63-54-25-13-14-26-56(54)66(61)62(65)64-59)45-31-33-51-52(37-45)58(48-30-28-40-16-8-10-22-44(40)36-48)50-24-12-11-23-49(50)57(51)47-29-27-39-15-7-9-21-43(39)35-47/h1-12,15-24,27-31,33,35-37,46,53-56,61,63H,13-14,25-26,32,34,38H2. The highest BCUT2D eigenvalue weighted by Crippen LogP contribution is 2.55. The first-order chi connectivity index (χ1) is 32.7. The predicted octanol–water partition coefficient (Wildman–Crippen LogP) is 15.3. The van der Waals surface area contributed by atoms with E-state index in [1.165, 1.54) is 119 Å². The van der Waals surface area contributed by atoms with E-state index < -0.39 is 0 Å². The lowest BCUT2D eigenvalue weighted by Gasteiger charge is -2.49. The highest BCUT2D eigenvalue weighted by Gasteiger charge is 2.54. The Labute approximate surface area is 386 Å². The van der Waals surface area contributed by atoms with Gasteiger partial charge in [-0.2, -0.15) is 0 Å². The molecule has 4 heteroatoms. The van der Waals surface area contributed by atoms with Crippen molar-refractivity contribution in [3.05, 3.63) is 194 Å². The smallest absolute Gasteiger partial charge is 0.208 e. The van der Waals surface area contributed by atoms with E-state index in [1.54, 1.807) is 0 Å². The Kier molecular flexibility index (Phi) is 8.87. The molecule has 9 aromatic carbocycles. The fourth-order valence-corrected chi connectivity index (χ4v) is 13.2. The second-order valence-electron chi connectivity index (χ2n) is 19.7. The first-order valence-corrected chi connectivity index (χ1v) is 24.5. The largest absolute Gasteiger partial charge is 0.322 e. The van der Waals surface area contributed by atoms with Gasteiger partial charge in [-0.1, -0.05) is 189 Å². The number of nitrogens with one attached hydrogen (secondary N) is 1. The summed E-state index contributed by atoms with van der Waals surface area (Å²) in [6.07, 6.45) is 8.70. The molecule has 2 aliphatic carbocycles. The van der Waals surface area contributed by atoms with Gasteiger partial charge in [0, 0.05) is 35.2 Å². The fourth-order valence-electron chi connectivity index (χ4n) is 13.2.